The van der Waals surface area contributed by atoms with Crippen LogP contribution in [0, 0.1) is 6.20 Å². The fourth-order valence-corrected chi connectivity index (χ4v) is 2.66. The predicted octanol–water partition coefficient (Wildman–Crippen LogP) is 1.65. The van der Waals surface area contributed by atoms with Crippen LogP contribution in [0.4, 0.5) is 0 Å². The van der Waals surface area contributed by atoms with Crippen molar-refractivity contribution in [3.8, 4) is 22.6 Å². The van der Waals surface area contributed by atoms with Crippen molar-refractivity contribution in [3.05, 3.63) is 55.0 Å². The van der Waals surface area contributed by atoms with E-state index in [2.05, 4.69) is 26.4 Å². The average Bonchev–Trinajstić information content (AvgIpc) is 2.55. The molecule has 2 aromatic heterocycles. The Morgan fingerprint density at radius 3 is 2.55 bits per heavy atom. The molecule has 0 saturated carbocycles. The Balaban J connectivity index is 2.05. The molecule has 0 atom stereocenters. The third kappa shape index (κ3) is 2.83. The number of benzene rings is 1. The molecule has 3 aromatic rings. The van der Waals surface area contributed by atoms with E-state index in [1.165, 1.54) is 24.5 Å². The molecule has 1 aromatic carbocycles. The van der Waals surface area contributed by atoms with Crippen molar-refractivity contribution in [2.24, 2.45) is 0 Å². The van der Waals surface area contributed by atoms with Crippen LogP contribution in [0.1, 0.15) is 0 Å². The molecule has 2 heterocycles. The van der Waals surface area contributed by atoms with Gasteiger partial charge in [-0.05, 0) is 12.1 Å². The van der Waals surface area contributed by atoms with Crippen molar-refractivity contribution in [2.45, 2.75) is 4.90 Å². The second kappa shape index (κ2) is 5.58. The van der Waals surface area contributed by atoms with Gasteiger partial charge in [-0.3, -0.25) is 9.54 Å². The minimum absolute atomic E-state index is 0.171. The molecule has 0 bridgehead atoms. The first-order valence-electron chi connectivity index (χ1n) is 6.15. The van der Waals surface area contributed by atoms with E-state index < -0.39 is 10.1 Å². The lowest BCUT2D eigenvalue weighted by atomic mass is 10.1. The van der Waals surface area contributed by atoms with Gasteiger partial charge in [0.1, 0.15) is 16.8 Å². The van der Waals surface area contributed by atoms with E-state index in [0.717, 1.165) is 0 Å². The molecule has 109 valence electrons. The van der Waals surface area contributed by atoms with Crippen LogP contribution in [0.25, 0.3) is 22.6 Å². The molecule has 8 heteroatoms. The first-order chi connectivity index (χ1) is 10.6. The quantitative estimate of drug-likeness (QED) is 0.733. The van der Waals surface area contributed by atoms with Gasteiger partial charge in [-0.25, -0.2) is 4.98 Å². The van der Waals surface area contributed by atoms with Crippen LogP contribution in [0.15, 0.2) is 53.7 Å². The smallest absolute Gasteiger partial charge is 0.282 e. The molecular weight excluding hydrogens is 304 g/mol. The van der Waals surface area contributed by atoms with Crippen molar-refractivity contribution >= 4 is 10.1 Å². The first kappa shape index (κ1) is 14.2. The molecule has 0 unspecified atom stereocenters. The van der Waals surface area contributed by atoms with Gasteiger partial charge in [-0.1, -0.05) is 24.3 Å². The maximum atomic E-state index is 11.4. The van der Waals surface area contributed by atoms with E-state index in [1.807, 2.05) is 0 Å². The molecule has 0 saturated heterocycles. The number of nitrogens with zero attached hydrogens (tertiary/aromatic N) is 4. The van der Waals surface area contributed by atoms with Crippen LogP contribution in [0.3, 0.4) is 0 Å². The van der Waals surface area contributed by atoms with Crippen molar-refractivity contribution in [3.63, 3.8) is 0 Å². The summed E-state index contributed by atoms with van der Waals surface area (Å²) in [6, 6.07) is 9.44. The van der Waals surface area contributed by atoms with Gasteiger partial charge in [0.05, 0.1) is 6.20 Å². The Morgan fingerprint density at radius 2 is 1.91 bits per heavy atom. The highest BCUT2D eigenvalue weighted by Gasteiger charge is 2.16. The van der Waals surface area contributed by atoms with Gasteiger partial charge in [-0.15, -0.1) is 5.10 Å². The summed E-state index contributed by atoms with van der Waals surface area (Å²) in [5.41, 5.74) is 1.39. The van der Waals surface area contributed by atoms with Gasteiger partial charge in [0.15, 0.2) is 0 Å². The summed E-state index contributed by atoms with van der Waals surface area (Å²) in [5.74, 6) is 0.317. The molecule has 1 N–H and O–H groups in total. The number of rotatable bonds is 3. The molecule has 0 amide bonds. The Bertz CT molecular complexity index is 897. The van der Waals surface area contributed by atoms with Crippen LogP contribution >= 0.6 is 0 Å². The van der Waals surface area contributed by atoms with Crippen LogP contribution < -0.4 is 0 Å². The van der Waals surface area contributed by atoms with E-state index in [1.54, 1.807) is 24.3 Å². The maximum Gasteiger partial charge on any atom is 0.295 e. The van der Waals surface area contributed by atoms with Crippen LogP contribution in [0.5, 0.6) is 0 Å². The zero-order chi connectivity index (χ0) is 15.6. The number of pyridine rings is 1. The molecule has 22 heavy (non-hydrogen) atoms. The second-order valence-corrected chi connectivity index (χ2v) is 5.70. The minimum atomic E-state index is -4.31. The highest BCUT2D eigenvalue weighted by atomic mass is 32.2. The summed E-state index contributed by atoms with van der Waals surface area (Å²) >= 11 is 0. The van der Waals surface area contributed by atoms with Crippen LogP contribution in [-0.4, -0.2) is 33.1 Å². The normalized spacial score (nSPS) is 11.3. The summed E-state index contributed by atoms with van der Waals surface area (Å²) in [4.78, 5) is 7.93. The molecule has 0 aliphatic carbocycles. The Morgan fingerprint density at radius 1 is 1.09 bits per heavy atom. The van der Waals surface area contributed by atoms with Gasteiger partial charge in [0.25, 0.3) is 10.1 Å². The predicted molar refractivity (Wildman–Crippen MR) is 77.1 cm³/mol. The third-order valence-corrected chi connectivity index (χ3v) is 3.82. The van der Waals surface area contributed by atoms with Crippen molar-refractivity contribution in [1.29, 1.82) is 0 Å². The zero-order valence-corrected chi connectivity index (χ0v) is 11.9. The fourth-order valence-electron chi connectivity index (χ4n) is 1.95. The van der Waals surface area contributed by atoms with Gasteiger partial charge in [0, 0.05) is 17.3 Å². The monoisotopic (exact) mass is 313 g/mol. The Labute approximate surface area is 126 Å². The molecule has 0 aliphatic rings. The average molecular weight is 313 g/mol. The second-order valence-electron chi connectivity index (χ2n) is 4.31. The topological polar surface area (TPSA) is 106 Å². The van der Waals surface area contributed by atoms with E-state index in [4.69, 9.17) is 0 Å². The van der Waals surface area contributed by atoms with Crippen molar-refractivity contribution in [1.82, 2.24) is 20.2 Å². The maximum absolute atomic E-state index is 11.4. The summed E-state index contributed by atoms with van der Waals surface area (Å²) in [6.07, 6.45) is 5.37. The van der Waals surface area contributed by atoms with Gasteiger partial charge >= 0.3 is 0 Å². The van der Waals surface area contributed by atoms with Crippen molar-refractivity contribution in [2.75, 3.05) is 0 Å². The Hall–Kier alpha value is -2.71. The third-order valence-electron chi connectivity index (χ3n) is 2.91. The zero-order valence-electron chi connectivity index (χ0n) is 11.1. The van der Waals surface area contributed by atoms with Gasteiger partial charge < -0.3 is 0 Å². The lowest BCUT2D eigenvalue weighted by molar-refractivity contribution is 0.483. The van der Waals surface area contributed by atoms with Gasteiger partial charge in [-0.2, -0.15) is 13.5 Å². The molecule has 1 radical (unpaired) electrons. The van der Waals surface area contributed by atoms with E-state index >= 15 is 0 Å². The molecule has 7 nitrogen and oxygen atoms in total. The summed E-state index contributed by atoms with van der Waals surface area (Å²) in [5, 5.41) is 7.49. The lowest BCUT2D eigenvalue weighted by Crippen LogP contribution is -2.01. The number of hydrogen-bond donors (Lipinski definition) is 1. The summed E-state index contributed by atoms with van der Waals surface area (Å²) in [7, 11) is -4.31. The van der Waals surface area contributed by atoms with Crippen molar-refractivity contribution < 1.29 is 13.0 Å². The number of hydrogen-bond acceptors (Lipinski definition) is 6. The molecular formula is C14H9N4O3S. The highest BCUT2D eigenvalue weighted by molar-refractivity contribution is 7.86. The first-order valence-corrected chi connectivity index (χ1v) is 7.59. The molecule has 0 fully saturated rings. The molecule has 0 spiro atoms. The molecule has 3 rings (SSSR count). The van der Waals surface area contributed by atoms with Crippen LogP contribution in [-0.2, 0) is 10.1 Å². The minimum Gasteiger partial charge on any atom is -0.282 e. The number of aromatic nitrogens is 4. The lowest BCUT2D eigenvalue weighted by Gasteiger charge is -2.07. The summed E-state index contributed by atoms with van der Waals surface area (Å²) < 4.78 is 32.1. The molecule has 0 aliphatic heterocycles. The SMILES string of the molecule is O=S(=O)(O)c1ccccc1-c1ccc(-c2n[c]cnn2)nc1. The highest BCUT2D eigenvalue weighted by Crippen LogP contribution is 2.27. The van der Waals surface area contributed by atoms with E-state index in [9.17, 15) is 13.0 Å². The van der Waals surface area contributed by atoms with Gasteiger partial charge in [0.2, 0.25) is 5.82 Å². The fraction of sp³-hybridized carbons (Fsp3) is 0. The standard InChI is InChI=1S/C14H9N4O3S/c19-22(20,21)13-4-2-1-3-11(13)10-5-6-12(16-9-10)14-15-7-8-17-18-14/h1-6,8-9H,(H,19,20,21). The van der Waals surface area contributed by atoms with Crippen LogP contribution in [0.2, 0.25) is 0 Å². The van der Waals surface area contributed by atoms with E-state index in [0.29, 0.717) is 22.6 Å². The Kier molecular flexibility index (Phi) is 3.61. The summed E-state index contributed by atoms with van der Waals surface area (Å²) in [6.45, 7) is 0. The van der Waals surface area contributed by atoms with E-state index in [-0.39, 0.29) is 4.90 Å². The largest absolute Gasteiger partial charge is 0.295 e.